The molecule has 0 aromatic heterocycles. The molecule has 6 aromatic rings. The van der Waals surface area contributed by atoms with Crippen LogP contribution in [0, 0.1) is 0 Å². The third kappa shape index (κ3) is 8.89. The molecule has 21 nitrogen and oxygen atoms in total. The molecule has 12 rings (SSSR count). The van der Waals surface area contributed by atoms with Gasteiger partial charge in [-0.15, -0.1) is 0 Å². The standard InChI is InChI=1S/C60H48BN6O15/c68-49-37-13-1-2-14-38(37)50(69)62(49)25-31-80(32-26-63-51(70)39-15-3-4-16-40(39)52(63)71)61(81(33-27-64-53(72)41-17-5-6-18-42(41)54(64)73)34-28-65-55(74)43-19-7-8-20-44(43)56(65)75)82(35-29-66-57(76)45-21-9-10-22-46(45)58(66)77)36-30-67-59(78)47-23-11-12-24-48(47)60(67)79/h1-24H,25-36H2/q+3. The number of carbonyl (C=O) groups is 12. The average Bonchev–Trinajstić information content (AvgIpc) is 4.32. The summed E-state index contributed by atoms with van der Waals surface area (Å²) in [7, 11) is -1.55. The van der Waals surface area contributed by atoms with Crippen molar-refractivity contribution in [3.8, 4) is 0 Å². The normalized spacial score (nSPS) is 16.1. The summed E-state index contributed by atoms with van der Waals surface area (Å²) in [6.07, 6.45) is 0. The minimum atomic E-state index is -1.55. The number of benzene rings is 6. The predicted molar refractivity (Wildman–Crippen MR) is 289 cm³/mol. The SMILES string of the molecule is O=C1c2ccccc2C(=O)N1CC[O+](CCN1C(=O)c2ccccc2C1=O)B([O+](CCN1C(=O)c2ccccc2C1=O)CCN1C(=O)c2ccccc2C1=O)[O+](CCN1C(=O)c2ccccc2C1=O)CCN1C(=O)c2ccccc2C1=O. The highest BCUT2D eigenvalue weighted by atomic mass is 16.9. The number of imide groups is 6. The second kappa shape index (κ2) is 21.3. The monoisotopic (exact) mass is 1100 g/mol. The Morgan fingerprint density at radius 2 is 0.317 bits per heavy atom. The van der Waals surface area contributed by atoms with Gasteiger partial charge >= 0.3 is 7.32 Å². The van der Waals surface area contributed by atoms with E-state index < -0.39 is 78.2 Å². The smallest absolute Gasteiger partial charge is 0.357 e. The molecule has 22 heteroatoms. The van der Waals surface area contributed by atoms with E-state index in [0.717, 1.165) is 29.4 Å². The Bertz CT molecular complexity index is 2990. The predicted octanol–water partition coefficient (Wildman–Crippen LogP) is 4.41. The van der Waals surface area contributed by atoms with Gasteiger partial charge in [0.1, 0.15) is 0 Å². The van der Waals surface area contributed by atoms with E-state index in [1.807, 2.05) is 0 Å². The largest absolute Gasteiger partial charge is 1.34 e. The van der Waals surface area contributed by atoms with Crippen molar-refractivity contribution in [3.63, 3.8) is 0 Å². The molecule has 408 valence electrons. The van der Waals surface area contributed by atoms with Gasteiger partial charge in [-0.2, -0.15) is 0 Å². The zero-order chi connectivity index (χ0) is 57.1. The summed E-state index contributed by atoms with van der Waals surface area (Å²) in [4.78, 5) is 176. The fourth-order valence-corrected chi connectivity index (χ4v) is 11.4. The summed E-state index contributed by atoms with van der Waals surface area (Å²) in [5.41, 5.74) is 1.69. The van der Waals surface area contributed by atoms with Crippen LogP contribution in [0.5, 0.6) is 0 Å². The van der Waals surface area contributed by atoms with Crippen LogP contribution in [0.25, 0.3) is 0 Å². The lowest BCUT2D eigenvalue weighted by Crippen LogP contribution is -2.58. The van der Waals surface area contributed by atoms with Crippen molar-refractivity contribution in [3.05, 3.63) is 212 Å². The fourth-order valence-electron chi connectivity index (χ4n) is 11.4. The van der Waals surface area contributed by atoms with Crippen molar-refractivity contribution in [2.75, 3.05) is 78.9 Å². The Morgan fingerprint density at radius 3 is 0.427 bits per heavy atom. The van der Waals surface area contributed by atoms with Gasteiger partial charge in [-0.25, -0.2) is 0 Å². The van der Waals surface area contributed by atoms with E-state index in [1.165, 1.54) is 72.8 Å². The van der Waals surface area contributed by atoms with Crippen LogP contribution >= 0.6 is 0 Å². The molecule has 0 saturated heterocycles. The number of nitrogens with zero attached hydrogens (tertiary/aromatic N) is 6. The first-order chi connectivity index (χ1) is 39.7. The Morgan fingerprint density at radius 1 is 0.207 bits per heavy atom. The van der Waals surface area contributed by atoms with Gasteiger partial charge in [0.2, 0.25) is 0 Å². The van der Waals surface area contributed by atoms with E-state index in [0.29, 0.717) is 0 Å². The van der Waals surface area contributed by atoms with E-state index in [4.69, 9.17) is 0 Å². The molecule has 0 N–H and O–H groups in total. The first-order valence-corrected chi connectivity index (χ1v) is 26.4. The zero-order valence-corrected chi connectivity index (χ0v) is 43.7. The van der Waals surface area contributed by atoms with Crippen LogP contribution in [-0.4, -0.2) is 187 Å². The molecule has 0 unspecified atom stereocenters. The van der Waals surface area contributed by atoms with E-state index in [2.05, 4.69) is 12.9 Å². The maximum Gasteiger partial charge on any atom is 1.34 e. The molecular weight excluding hydrogens is 1060 g/mol. The molecule has 0 saturated carbocycles. The van der Waals surface area contributed by atoms with Crippen molar-refractivity contribution in [1.82, 2.24) is 29.4 Å². The molecule has 0 atom stereocenters. The van der Waals surface area contributed by atoms with Crippen molar-refractivity contribution < 1.29 is 70.4 Å². The summed E-state index contributed by atoms with van der Waals surface area (Å²) in [5.74, 6) is -7.50. The van der Waals surface area contributed by atoms with Crippen molar-refractivity contribution >= 4 is 78.2 Å². The second-order valence-corrected chi connectivity index (χ2v) is 20.0. The van der Waals surface area contributed by atoms with Gasteiger partial charge in [0.05, 0.1) is 106 Å². The number of hydrogen-bond donors (Lipinski definition) is 0. The number of hydrogen-bond acceptors (Lipinski definition) is 12. The van der Waals surface area contributed by atoms with Crippen LogP contribution in [-0.2, 0) is 12.9 Å². The Labute approximate surface area is 467 Å². The number of amides is 12. The first kappa shape index (κ1) is 52.8. The molecule has 0 fully saturated rings. The molecule has 6 aromatic carbocycles. The molecule has 82 heavy (non-hydrogen) atoms. The zero-order valence-electron chi connectivity index (χ0n) is 43.7. The van der Waals surface area contributed by atoms with Crippen LogP contribution in [0.15, 0.2) is 146 Å². The number of rotatable bonds is 21. The highest BCUT2D eigenvalue weighted by molar-refractivity contribution is 6.40. The fraction of sp³-hybridized carbons (Fsp3) is 0.200. The molecule has 6 aliphatic rings. The lowest BCUT2D eigenvalue weighted by molar-refractivity contribution is -0.208. The van der Waals surface area contributed by atoms with Crippen molar-refractivity contribution in [2.45, 2.75) is 0 Å². The third-order valence-corrected chi connectivity index (χ3v) is 15.5. The van der Waals surface area contributed by atoms with Crippen LogP contribution in [0.2, 0.25) is 0 Å². The summed E-state index contributed by atoms with van der Waals surface area (Å²) in [5, 5.41) is 0. The van der Waals surface area contributed by atoms with Crippen LogP contribution in [0.1, 0.15) is 124 Å². The van der Waals surface area contributed by atoms with E-state index >= 15 is 0 Å². The van der Waals surface area contributed by atoms with Gasteiger partial charge < -0.3 is 12.9 Å². The minimum Gasteiger partial charge on any atom is -0.357 e. The number of carbonyl (C=O) groups excluding carboxylic acids is 12. The quantitative estimate of drug-likeness (QED) is 0.0555. The van der Waals surface area contributed by atoms with Gasteiger partial charge in [0, 0.05) is 0 Å². The molecular formula is C60H48BN6O15+3. The Hall–Kier alpha value is -9.90. The Kier molecular flexibility index (Phi) is 13.7. The molecule has 0 bridgehead atoms. The van der Waals surface area contributed by atoms with Gasteiger partial charge in [-0.3, -0.25) is 86.9 Å². The van der Waals surface area contributed by atoms with Crippen molar-refractivity contribution in [1.29, 1.82) is 0 Å². The summed E-state index contributed by atoms with van der Waals surface area (Å²) in [6.45, 7) is -4.34. The Balaban J connectivity index is 0.979. The molecule has 0 aliphatic carbocycles. The summed E-state index contributed by atoms with van der Waals surface area (Å²) < 4.78 is 8.95. The summed E-state index contributed by atoms with van der Waals surface area (Å²) >= 11 is 0. The molecule has 6 aliphatic heterocycles. The summed E-state index contributed by atoms with van der Waals surface area (Å²) in [6, 6.07) is 37.5. The third-order valence-electron chi connectivity index (χ3n) is 15.5. The first-order valence-electron chi connectivity index (χ1n) is 26.4. The van der Waals surface area contributed by atoms with Gasteiger partial charge in [-0.1, -0.05) is 72.8 Å². The van der Waals surface area contributed by atoms with Crippen LogP contribution < -0.4 is 0 Å². The molecule has 0 spiro atoms. The van der Waals surface area contributed by atoms with E-state index in [-0.39, 0.29) is 146 Å². The topological polar surface area (TPSA) is 232 Å². The average molecular weight is 1100 g/mol. The van der Waals surface area contributed by atoms with E-state index in [1.54, 1.807) is 72.8 Å². The highest BCUT2D eigenvalue weighted by Crippen LogP contribution is 2.32. The maximum absolute atomic E-state index is 14.1. The molecule has 0 radical (unpaired) electrons. The maximum atomic E-state index is 14.1. The minimum absolute atomic E-state index is 0.141. The lowest BCUT2D eigenvalue weighted by atomic mass is 10.1. The van der Waals surface area contributed by atoms with E-state index in [9.17, 15) is 57.5 Å². The van der Waals surface area contributed by atoms with Gasteiger partial charge in [0.15, 0.2) is 39.6 Å². The van der Waals surface area contributed by atoms with Crippen LogP contribution in [0.4, 0.5) is 0 Å². The molecule has 6 heterocycles. The lowest BCUT2D eigenvalue weighted by Gasteiger charge is -2.31. The highest BCUT2D eigenvalue weighted by Gasteiger charge is 2.75. The van der Waals surface area contributed by atoms with Crippen molar-refractivity contribution in [2.24, 2.45) is 0 Å². The van der Waals surface area contributed by atoms with Crippen LogP contribution in [0.3, 0.4) is 0 Å². The van der Waals surface area contributed by atoms with Gasteiger partial charge in [-0.05, 0) is 72.8 Å². The van der Waals surface area contributed by atoms with Gasteiger partial charge in [0.25, 0.3) is 70.9 Å². The number of fused-ring (bicyclic) bond motifs is 6. The second-order valence-electron chi connectivity index (χ2n) is 20.0. The molecule has 12 amide bonds.